The molecule has 0 aliphatic carbocycles. The number of fused-ring (bicyclic) bond motifs is 1. The van der Waals surface area contributed by atoms with Crippen molar-refractivity contribution in [2.45, 2.75) is 13.8 Å². The summed E-state index contributed by atoms with van der Waals surface area (Å²) in [6.07, 6.45) is 1.38. The molecule has 10 heteroatoms. The van der Waals surface area contributed by atoms with E-state index in [9.17, 15) is 14.4 Å². The number of nitrogens with zero attached hydrogens (tertiary/aromatic N) is 2. The quantitative estimate of drug-likeness (QED) is 0.269. The molecule has 1 heterocycles. The van der Waals surface area contributed by atoms with Gasteiger partial charge in [-0.15, -0.1) is 4.68 Å². The fourth-order valence-corrected chi connectivity index (χ4v) is 3.56. The van der Waals surface area contributed by atoms with Crippen molar-refractivity contribution in [3.8, 4) is 11.5 Å². The number of halogens is 1. The molecule has 0 radical (unpaired) electrons. The lowest BCUT2D eigenvalue weighted by atomic mass is 10.2. The van der Waals surface area contributed by atoms with Gasteiger partial charge < -0.3 is 19.2 Å². The molecule has 3 aromatic rings. The highest BCUT2D eigenvalue weighted by Crippen LogP contribution is 2.34. The highest BCUT2D eigenvalue weighted by atomic mass is 127. The monoisotopic (exact) mass is 537 g/mol. The molecule has 0 aliphatic heterocycles. The molecule has 0 bridgehead atoms. The second-order valence-electron chi connectivity index (χ2n) is 6.19. The van der Waals surface area contributed by atoms with Crippen LogP contribution in [0.25, 0.3) is 10.9 Å². The van der Waals surface area contributed by atoms with Crippen LogP contribution in [0.1, 0.15) is 19.4 Å². The molecule has 1 aromatic heterocycles. The molecule has 0 fully saturated rings. The van der Waals surface area contributed by atoms with Gasteiger partial charge in [0.2, 0.25) is 0 Å². The lowest BCUT2D eigenvalue weighted by Crippen LogP contribution is -2.32. The van der Waals surface area contributed by atoms with Crippen LogP contribution in [0.2, 0.25) is 0 Å². The van der Waals surface area contributed by atoms with E-state index in [2.05, 4.69) is 10.1 Å². The van der Waals surface area contributed by atoms with Crippen LogP contribution in [0.5, 0.6) is 11.5 Å². The first-order chi connectivity index (χ1) is 14.9. The van der Waals surface area contributed by atoms with Gasteiger partial charge >= 0.3 is 11.7 Å². The number of hydrogen-bond acceptors (Lipinski definition) is 7. The molecule has 2 aromatic carbocycles. The van der Waals surface area contributed by atoms with Gasteiger partial charge in [-0.3, -0.25) is 4.79 Å². The number of hydrogen-bond donors (Lipinski definition) is 1. The number of H-pyrrole nitrogens is 1. The normalized spacial score (nSPS) is 11.1. The minimum Gasteiger partial charge on any atom is -0.490 e. The van der Waals surface area contributed by atoms with Gasteiger partial charge in [0.1, 0.15) is 0 Å². The first-order valence-electron chi connectivity index (χ1n) is 9.47. The Labute approximate surface area is 190 Å². The number of aromatic nitrogens is 2. The van der Waals surface area contributed by atoms with Crippen LogP contribution >= 0.6 is 22.6 Å². The highest BCUT2D eigenvalue weighted by molar-refractivity contribution is 14.1. The smallest absolute Gasteiger partial charge is 0.349 e. The molecule has 0 saturated carbocycles. The molecule has 0 aliphatic rings. The predicted molar refractivity (Wildman–Crippen MR) is 124 cm³/mol. The predicted octanol–water partition coefficient (Wildman–Crippen LogP) is 2.52. The topological polar surface area (TPSA) is 112 Å². The van der Waals surface area contributed by atoms with Gasteiger partial charge in [0.05, 0.1) is 33.9 Å². The molecule has 0 atom stereocenters. The van der Waals surface area contributed by atoms with E-state index in [0.29, 0.717) is 38.1 Å². The number of rotatable bonds is 8. The first kappa shape index (κ1) is 22.5. The van der Waals surface area contributed by atoms with Gasteiger partial charge in [-0.1, -0.05) is 12.1 Å². The number of nitrogens with one attached hydrogen (secondary N) is 1. The van der Waals surface area contributed by atoms with E-state index in [4.69, 9.17) is 14.2 Å². The van der Waals surface area contributed by atoms with Crippen molar-refractivity contribution < 1.29 is 19.0 Å². The van der Waals surface area contributed by atoms with Crippen LogP contribution in [0.3, 0.4) is 0 Å². The van der Waals surface area contributed by atoms with Gasteiger partial charge in [0.15, 0.2) is 18.1 Å². The highest BCUT2D eigenvalue weighted by Gasteiger charge is 2.14. The van der Waals surface area contributed by atoms with E-state index in [1.54, 1.807) is 43.3 Å². The molecule has 1 N–H and O–H groups in total. The van der Waals surface area contributed by atoms with Gasteiger partial charge in [-0.2, -0.15) is 5.10 Å². The van der Waals surface area contributed by atoms with Crippen molar-refractivity contribution in [3.63, 3.8) is 0 Å². The van der Waals surface area contributed by atoms with Crippen molar-refractivity contribution in [2.75, 3.05) is 19.8 Å². The maximum Gasteiger partial charge on any atom is 0.349 e. The average molecular weight is 537 g/mol. The molecular formula is C21H20IN3O6. The molecule has 0 amide bonds. The van der Waals surface area contributed by atoms with E-state index >= 15 is 0 Å². The summed E-state index contributed by atoms with van der Waals surface area (Å²) in [6.45, 7) is 3.92. The average Bonchev–Trinajstić information content (AvgIpc) is 2.73. The Balaban J connectivity index is 1.94. The Hall–Kier alpha value is -3.15. The Morgan fingerprint density at radius 2 is 1.94 bits per heavy atom. The Morgan fingerprint density at radius 3 is 2.68 bits per heavy atom. The third-order valence-electron chi connectivity index (χ3n) is 4.08. The van der Waals surface area contributed by atoms with Crippen LogP contribution in [0.4, 0.5) is 0 Å². The second kappa shape index (κ2) is 10.2. The summed E-state index contributed by atoms with van der Waals surface area (Å²) in [6, 6.07) is 10.1. The summed E-state index contributed by atoms with van der Waals surface area (Å²) in [5.41, 5.74) is -0.144. The first-order valence-corrected chi connectivity index (χ1v) is 10.6. The summed E-state index contributed by atoms with van der Waals surface area (Å²) < 4.78 is 17.5. The molecule has 9 nitrogen and oxygen atoms in total. The SMILES string of the molecule is CCOC(=O)COc1c(I)cc(C=Nn2c(=O)[nH]c3ccccc3c2=O)cc1OCC. The van der Waals surface area contributed by atoms with Gasteiger partial charge in [-0.25, -0.2) is 9.59 Å². The summed E-state index contributed by atoms with van der Waals surface area (Å²) in [7, 11) is 0. The summed E-state index contributed by atoms with van der Waals surface area (Å²) in [4.78, 5) is 39.1. The van der Waals surface area contributed by atoms with E-state index in [1.165, 1.54) is 6.21 Å². The Kier molecular flexibility index (Phi) is 7.45. The van der Waals surface area contributed by atoms with Crippen molar-refractivity contribution in [2.24, 2.45) is 5.10 Å². The third kappa shape index (κ3) is 5.32. The number of carbonyl (C=O) groups is 1. The molecular weight excluding hydrogens is 517 g/mol. The van der Waals surface area contributed by atoms with Crippen molar-refractivity contribution in [3.05, 3.63) is 66.4 Å². The minimum atomic E-state index is -0.644. The van der Waals surface area contributed by atoms with E-state index in [1.807, 2.05) is 29.5 Å². The lowest BCUT2D eigenvalue weighted by Gasteiger charge is -2.14. The number of esters is 1. The fraction of sp³-hybridized carbons (Fsp3) is 0.238. The zero-order chi connectivity index (χ0) is 22.4. The van der Waals surface area contributed by atoms with Gasteiger partial charge in [0, 0.05) is 0 Å². The van der Waals surface area contributed by atoms with Crippen molar-refractivity contribution in [1.29, 1.82) is 0 Å². The van der Waals surface area contributed by atoms with E-state index in [-0.39, 0.29) is 13.2 Å². The maximum atomic E-state index is 12.6. The maximum absolute atomic E-state index is 12.6. The fourth-order valence-electron chi connectivity index (χ4n) is 2.78. The van der Waals surface area contributed by atoms with Crippen LogP contribution in [-0.4, -0.2) is 41.7 Å². The molecule has 3 rings (SSSR count). The van der Waals surface area contributed by atoms with Crippen LogP contribution in [0, 0.1) is 3.57 Å². The zero-order valence-corrected chi connectivity index (χ0v) is 19.0. The molecule has 31 heavy (non-hydrogen) atoms. The van der Waals surface area contributed by atoms with Crippen LogP contribution < -0.4 is 20.7 Å². The lowest BCUT2D eigenvalue weighted by molar-refractivity contribution is -0.145. The summed E-state index contributed by atoms with van der Waals surface area (Å²) in [5.74, 6) is 0.314. The number of para-hydroxylation sites is 1. The largest absolute Gasteiger partial charge is 0.490 e. The number of aromatic amines is 1. The number of carbonyl (C=O) groups excluding carboxylic acids is 1. The molecule has 0 spiro atoms. The molecule has 162 valence electrons. The molecule has 0 saturated heterocycles. The second-order valence-corrected chi connectivity index (χ2v) is 7.36. The van der Waals surface area contributed by atoms with Crippen LogP contribution in [0.15, 0.2) is 51.1 Å². The third-order valence-corrected chi connectivity index (χ3v) is 4.88. The summed E-state index contributed by atoms with van der Waals surface area (Å²) in [5, 5.41) is 4.41. The zero-order valence-electron chi connectivity index (χ0n) is 16.9. The Bertz CT molecular complexity index is 1250. The van der Waals surface area contributed by atoms with Gasteiger partial charge in [-0.05, 0) is 66.3 Å². The molecule has 0 unspecified atom stereocenters. The van der Waals surface area contributed by atoms with Gasteiger partial charge in [0.25, 0.3) is 5.56 Å². The minimum absolute atomic E-state index is 0.251. The Morgan fingerprint density at radius 1 is 1.16 bits per heavy atom. The van der Waals surface area contributed by atoms with Crippen molar-refractivity contribution >= 4 is 45.7 Å². The van der Waals surface area contributed by atoms with Crippen molar-refractivity contribution in [1.82, 2.24) is 9.66 Å². The van der Waals surface area contributed by atoms with Crippen LogP contribution in [-0.2, 0) is 9.53 Å². The van der Waals surface area contributed by atoms with E-state index in [0.717, 1.165) is 4.68 Å². The number of ether oxygens (including phenoxy) is 3. The summed E-state index contributed by atoms with van der Waals surface area (Å²) >= 11 is 2.04. The van der Waals surface area contributed by atoms with E-state index < -0.39 is 17.2 Å². The standard InChI is InChI=1S/C21H20IN3O6/c1-3-29-17-10-13(9-15(22)19(17)31-12-18(26)30-4-2)11-23-25-20(27)14-7-5-6-8-16(14)24-21(25)28/h5-11H,3-4,12H2,1-2H3,(H,24,28). The number of benzene rings is 2.